The summed E-state index contributed by atoms with van der Waals surface area (Å²) in [5.41, 5.74) is 0.575. The standard InChI is InChI=1S/C16H13FN4O2S2/c1-2-7-24-16-20-19-15(25-16)18-14(23)10-8-13(22)21(9-10)12-5-3-11(17)4-6-12/h1,3-6,10H,7-9H2,(H,18,19,23)/t10-/m0/s1. The van der Waals surface area contributed by atoms with E-state index >= 15 is 0 Å². The van der Waals surface area contributed by atoms with Crippen molar-refractivity contribution in [1.29, 1.82) is 0 Å². The molecule has 1 aliphatic heterocycles. The van der Waals surface area contributed by atoms with Gasteiger partial charge in [0.25, 0.3) is 0 Å². The number of halogens is 1. The Bertz CT molecular complexity index is 831. The molecular weight excluding hydrogens is 363 g/mol. The van der Waals surface area contributed by atoms with Crippen LogP contribution in [0.2, 0.25) is 0 Å². The zero-order valence-electron chi connectivity index (χ0n) is 12.9. The lowest BCUT2D eigenvalue weighted by atomic mass is 10.1. The topological polar surface area (TPSA) is 75.2 Å². The Labute approximate surface area is 151 Å². The fourth-order valence-corrected chi connectivity index (χ4v) is 3.82. The number of aromatic nitrogens is 2. The first-order chi connectivity index (χ1) is 12.1. The quantitative estimate of drug-likeness (QED) is 0.493. The molecule has 1 saturated heterocycles. The van der Waals surface area contributed by atoms with E-state index in [1.807, 2.05) is 0 Å². The number of nitrogens with one attached hydrogen (secondary N) is 1. The lowest BCUT2D eigenvalue weighted by molar-refractivity contribution is -0.122. The molecule has 2 amide bonds. The average molecular weight is 376 g/mol. The van der Waals surface area contributed by atoms with Crippen molar-refractivity contribution in [2.45, 2.75) is 10.8 Å². The van der Waals surface area contributed by atoms with Gasteiger partial charge in [0.05, 0.1) is 11.7 Å². The van der Waals surface area contributed by atoms with Crippen LogP contribution in [0.15, 0.2) is 28.6 Å². The van der Waals surface area contributed by atoms with Crippen LogP contribution in [0.3, 0.4) is 0 Å². The van der Waals surface area contributed by atoms with Crippen LogP contribution in [0.25, 0.3) is 0 Å². The molecule has 1 atom stereocenters. The maximum Gasteiger partial charge on any atom is 0.231 e. The summed E-state index contributed by atoms with van der Waals surface area (Å²) in [6.07, 6.45) is 5.29. The van der Waals surface area contributed by atoms with Crippen molar-refractivity contribution < 1.29 is 14.0 Å². The van der Waals surface area contributed by atoms with Gasteiger partial charge in [0.1, 0.15) is 5.82 Å². The van der Waals surface area contributed by atoms with Gasteiger partial charge in [-0.3, -0.25) is 9.59 Å². The second-order valence-corrected chi connectivity index (χ2v) is 7.44. The lowest BCUT2D eigenvalue weighted by Gasteiger charge is -2.16. The van der Waals surface area contributed by atoms with Crippen molar-refractivity contribution >= 4 is 45.7 Å². The Morgan fingerprint density at radius 1 is 1.44 bits per heavy atom. The molecule has 3 rings (SSSR count). The third-order valence-electron chi connectivity index (χ3n) is 3.55. The summed E-state index contributed by atoms with van der Waals surface area (Å²) < 4.78 is 13.7. The highest BCUT2D eigenvalue weighted by Crippen LogP contribution is 2.28. The summed E-state index contributed by atoms with van der Waals surface area (Å²) in [4.78, 5) is 26.0. The van der Waals surface area contributed by atoms with E-state index in [-0.39, 0.29) is 30.6 Å². The Morgan fingerprint density at radius 2 is 2.20 bits per heavy atom. The second-order valence-electron chi connectivity index (χ2n) is 5.24. The maximum absolute atomic E-state index is 13.0. The highest BCUT2D eigenvalue weighted by atomic mass is 32.2. The van der Waals surface area contributed by atoms with E-state index in [2.05, 4.69) is 21.4 Å². The van der Waals surface area contributed by atoms with Gasteiger partial charge in [0.15, 0.2) is 4.34 Å². The molecule has 0 aliphatic carbocycles. The molecule has 2 aromatic rings. The number of hydrogen-bond acceptors (Lipinski definition) is 6. The Hall–Kier alpha value is -2.44. The van der Waals surface area contributed by atoms with Crippen molar-refractivity contribution in [3.8, 4) is 12.3 Å². The molecule has 25 heavy (non-hydrogen) atoms. The molecule has 128 valence electrons. The van der Waals surface area contributed by atoms with Crippen LogP contribution in [-0.2, 0) is 9.59 Å². The minimum absolute atomic E-state index is 0.0979. The highest BCUT2D eigenvalue weighted by molar-refractivity contribution is 8.01. The monoisotopic (exact) mass is 376 g/mol. The van der Waals surface area contributed by atoms with Crippen molar-refractivity contribution in [2.24, 2.45) is 5.92 Å². The van der Waals surface area contributed by atoms with Crippen LogP contribution in [0, 0.1) is 24.1 Å². The van der Waals surface area contributed by atoms with E-state index < -0.39 is 5.92 Å². The molecule has 0 unspecified atom stereocenters. The van der Waals surface area contributed by atoms with Crippen molar-refractivity contribution in [1.82, 2.24) is 10.2 Å². The first-order valence-electron chi connectivity index (χ1n) is 7.33. The fraction of sp³-hybridized carbons (Fsp3) is 0.250. The van der Waals surface area contributed by atoms with E-state index in [0.717, 1.165) is 0 Å². The van der Waals surface area contributed by atoms with E-state index in [9.17, 15) is 14.0 Å². The summed E-state index contributed by atoms with van der Waals surface area (Å²) in [6.45, 7) is 0.244. The molecule has 1 aromatic heterocycles. The number of rotatable bonds is 5. The summed E-state index contributed by atoms with van der Waals surface area (Å²) in [7, 11) is 0. The Balaban J connectivity index is 1.62. The molecule has 0 saturated carbocycles. The largest absolute Gasteiger partial charge is 0.312 e. The van der Waals surface area contributed by atoms with Crippen LogP contribution in [0.5, 0.6) is 0 Å². The van der Waals surface area contributed by atoms with Gasteiger partial charge in [-0.25, -0.2) is 4.39 Å². The third kappa shape index (κ3) is 4.15. The molecule has 9 heteroatoms. The van der Waals surface area contributed by atoms with Gasteiger partial charge in [0.2, 0.25) is 16.9 Å². The minimum atomic E-state index is -0.497. The number of hydrogen-bond donors (Lipinski definition) is 1. The zero-order valence-corrected chi connectivity index (χ0v) is 14.6. The smallest absolute Gasteiger partial charge is 0.231 e. The molecule has 2 heterocycles. The van der Waals surface area contributed by atoms with Crippen molar-refractivity contribution in [3.05, 3.63) is 30.1 Å². The molecular formula is C16H13FN4O2S2. The van der Waals surface area contributed by atoms with Gasteiger partial charge in [-0.15, -0.1) is 16.6 Å². The molecule has 1 fully saturated rings. The van der Waals surface area contributed by atoms with Crippen LogP contribution >= 0.6 is 23.1 Å². The molecule has 1 aliphatic rings. The molecule has 0 radical (unpaired) electrons. The van der Waals surface area contributed by atoms with Gasteiger partial charge in [0, 0.05) is 18.7 Å². The predicted octanol–water partition coefficient (Wildman–Crippen LogP) is 2.39. The minimum Gasteiger partial charge on any atom is -0.312 e. The van der Waals surface area contributed by atoms with Gasteiger partial charge in [-0.1, -0.05) is 29.0 Å². The van der Waals surface area contributed by atoms with Crippen molar-refractivity contribution in [3.63, 3.8) is 0 Å². The van der Waals surface area contributed by atoms with Gasteiger partial charge < -0.3 is 10.2 Å². The molecule has 0 bridgehead atoms. The van der Waals surface area contributed by atoms with E-state index in [4.69, 9.17) is 6.42 Å². The van der Waals surface area contributed by atoms with Crippen LogP contribution in [0.4, 0.5) is 15.2 Å². The van der Waals surface area contributed by atoms with E-state index in [1.54, 1.807) is 0 Å². The predicted molar refractivity (Wildman–Crippen MR) is 95.0 cm³/mol. The Morgan fingerprint density at radius 3 is 2.92 bits per heavy atom. The number of thioether (sulfide) groups is 1. The average Bonchev–Trinajstić information content (AvgIpc) is 3.20. The number of terminal acetylenes is 1. The van der Waals surface area contributed by atoms with E-state index in [0.29, 0.717) is 20.9 Å². The maximum atomic E-state index is 13.0. The van der Waals surface area contributed by atoms with Crippen LogP contribution < -0.4 is 10.2 Å². The third-order valence-corrected chi connectivity index (χ3v) is 5.43. The molecule has 1 N–H and O–H groups in total. The zero-order chi connectivity index (χ0) is 17.8. The fourth-order valence-electron chi connectivity index (χ4n) is 2.38. The first-order valence-corrected chi connectivity index (χ1v) is 9.13. The summed E-state index contributed by atoms with van der Waals surface area (Å²) >= 11 is 2.60. The number of nitrogens with zero attached hydrogens (tertiary/aromatic N) is 3. The van der Waals surface area contributed by atoms with Gasteiger partial charge >= 0.3 is 0 Å². The first kappa shape index (κ1) is 17.4. The SMILES string of the molecule is C#CCSc1nnc(NC(=O)[C@H]2CC(=O)N(c3ccc(F)cc3)C2)s1. The van der Waals surface area contributed by atoms with Crippen LogP contribution in [-0.4, -0.2) is 34.3 Å². The molecule has 6 nitrogen and oxygen atoms in total. The number of carbonyl (C=O) groups excluding carboxylic acids is 2. The normalized spacial score (nSPS) is 16.7. The summed E-state index contributed by atoms with van der Waals surface area (Å²) in [6, 6.07) is 5.61. The lowest BCUT2D eigenvalue weighted by Crippen LogP contribution is -2.28. The number of anilines is 2. The summed E-state index contributed by atoms with van der Waals surface area (Å²) in [5.74, 6) is 1.63. The number of amides is 2. The number of benzene rings is 1. The molecule has 0 spiro atoms. The van der Waals surface area contributed by atoms with Crippen molar-refractivity contribution in [2.75, 3.05) is 22.5 Å². The second kappa shape index (κ2) is 7.63. The van der Waals surface area contributed by atoms with Crippen LogP contribution in [0.1, 0.15) is 6.42 Å². The molecule has 1 aromatic carbocycles. The highest BCUT2D eigenvalue weighted by Gasteiger charge is 2.35. The van der Waals surface area contributed by atoms with Gasteiger partial charge in [-0.2, -0.15) is 0 Å². The van der Waals surface area contributed by atoms with E-state index in [1.165, 1.54) is 52.3 Å². The van der Waals surface area contributed by atoms with Gasteiger partial charge in [-0.05, 0) is 24.3 Å². The Kier molecular flexibility index (Phi) is 5.31. The summed E-state index contributed by atoms with van der Waals surface area (Å²) in [5, 5.41) is 10.9. The number of carbonyl (C=O) groups is 2.